The lowest BCUT2D eigenvalue weighted by Gasteiger charge is -2.20. The van der Waals surface area contributed by atoms with Gasteiger partial charge in [0.2, 0.25) is 11.7 Å². The molecule has 5 aromatic rings. The van der Waals surface area contributed by atoms with Crippen LogP contribution in [0.25, 0.3) is 17.3 Å². The zero-order valence-corrected chi connectivity index (χ0v) is 19.1. The molecule has 0 spiro atoms. The lowest BCUT2D eigenvalue weighted by atomic mass is 9.99. The number of amides is 1. The number of hydrogen-bond donors (Lipinski definition) is 1. The van der Waals surface area contributed by atoms with Crippen LogP contribution in [0.2, 0.25) is 0 Å². The van der Waals surface area contributed by atoms with E-state index in [9.17, 15) is 4.79 Å². The minimum Gasteiger partial charge on any atom is -0.461 e. The molecule has 0 saturated carbocycles. The lowest BCUT2D eigenvalue weighted by Crippen LogP contribution is -2.30. The van der Waals surface area contributed by atoms with Gasteiger partial charge in [-0.1, -0.05) is 90.6 Å². The average Bonchev–Trinajstić information content (AvgIpc) is 3.58. The fraction of sp³-hybridized carbons (Fsp3) is 0.0741. The van der Waals surface area contributed by atoms with Gasteiger partial charge in [-0.25, -0.2) is 0 Å². The van der Waals surface area contributed by atoms with E-state index in [0.29, 0.717) is 16.7 Å². The first-order chi connectivity index (χ1) is 16.8. The van der Waals surface area contributed by atoms with Crippen LogP contribution in [0.1, 0.15) is 17.2 Å². The molecule has 1 N–H and O–H groups in total. The maximum atomic E-state index is 13.0. The third-order valence-corrected chi connectivity index (χ3v) is 6.22. The minimum atomic E-state index is -0.235. The molecular formula is C27H22N4O2S. The number of benzene rings is 3. The Labute approximate surface area is 201 Å². The summed E-state index contributed by atoms with van der Waals surface area (Å²) in [6.45, 7) is 0. The van der Waals surface area contributed by atoms with Crippen LogP contribution >= 0.6 is 11.8 Å². The second kappa shape index (κ2) is 10.2. The van der Waals surface area contributed by atoms with Crippen LogP contribution in [0, 0.1) is 0 Å². The molecule has 168 valence electrons. The summed E-state index contributed by atoms with van der Waals surface area (Å²) in [7, 11) is 0. The van der Waals surface area contributed by atoms with E-state index in [-0.39, 0.29) is 17.7 Å². The topological polar surface area (TPSA) is 73.0 Å². The molecule has 2 heterocycles. The van der Waals surface area contributed by atoms with E-state index in [0.717, 1.165) is 16.8 Å². The van der Waals surface area contributed by atoms with Gasteiger partial charge in [0, 0.05) is 5.69 Å². The standard InChI is InChI=1S/C27H22N4O2S/c32-24(28-25(20-11-4-1-5-12-20)21-13-6-2-7-14-21)19-34-27-30-29-26(23-17-10-18-33-23)31(27)22-15-8-3-9-16-22/h1-18,25H,19H2,(H,28,32). The second-order valence-corrected chi connectivity index (χ2v) is 8.51. The Morgan fingerprint density at radius 1 is 0.824 bits per heavy atom. The van der Waals surface area contributed by atoms with Crippen LogP contribution in [0.15, 0.2) is 119 Å². The normalized spacial score (nSPS) is 11.0. The van der Waals surface area contributed by atoms with Crippen molar-refractivity contribution in [2.75, 3.05) is 5.75 Å². The largest absolute Gasteiger partial charge is 0.461 e. The number of nitrogens with one attached hydrogen (secondary N) is 1. The summed E-state index contributed by atoms with van der Waals surface area (Å²) in [5.74, 6) is 1.30. The maximum absolute atomic E-state index is 13.0. The Bertz CT molecular complexity index is 1300. The molecule has 0 aliphatic heterocycles. The third kappa shape index (κ3) is 4.79. The Balaban J connectivity index is 1.37. The molecule has 0 aliphatic rings. The van der Waals surface area contributed by atoms with Gasteiger partial charge in [-0.15, -0.1) is 10.2 Å². The van der Waals surface area contributed by atoms with Crippen LogP contribution in [0.3, 0.4) is 0 Å². The van der Waals surface area contributed by atoms with E-state index in [1.165, 1.54) is 11.8 Å². The van der Waals surface area contributed by atoms with E-state index in [4.69, 9.17) is 4.42 Å². The molecule has 0 fully saturated rings. The first-order valence-electron chi connectivity index (χ1n) is 10.9. The quantitative estimate of drug-likeness (QED) is 0.305. The van der Waals surface area contributed by atoms with Crippen LogP contribution in [-0.4, -0.2) is 26.4 Å². The predicted molar refractivity (Wildman–Crippen MR) is 133 cm³/mol. The van der Waals surface area contributed by atoms with Gasteiger partial charge in [0.05, 0.1) is 18.1 Å². The highest BCUT2D eigenvalue weighted by molar-refractivity contribution is 7.99. The van der Waals surface area contributed by atoms with Gasteiger partial charge in [0.25, 0.3) is 0 Å². The van der Waals surface area contributed by atoms with E-state index in [2.05, 4.69) is 15.5 Å². The number of para-hydroxylation sites is 1. The smallest absolute Gasteiger partial charge is 0.231 e. The van der Waals surface area contributed by atoms with Gasteiger partial charge >= 0.3 is 0 Å². The number of rotatable bonds is 8. The molecular weight excluding hydrogens is 444 g/mol. The van der Waals surface area contributed by atoms with E-state index >= 15 is 0 Å². The highest BCUT2D eigenvalue weighted by atomic mass is 32.2. The third-order valence-electron chi connectivity index (χ3n) is 5.29. The summed E-state index contributed by atoms with van der Waals surface area (Å²) in [5.41, 5.74) is 2.95. The Morgan fingerprint density at radius 3 is 2.03 bits per heavy atom. The number of nitrogens with zero attached hydrogens (tertiary/aromatic N) is 3. The van der Waals surface area contributed by atoms with E-state index in [1.807, 2.05) is 108 Å². The molecule has 34 heavy (non-hydrogen) atoms. The molecule has 0 aliphatic carbocycles. The Morgan fingerprint density at radius 2 is 1.44 bits per heavy atom. The monoisotopic (exact) mass is 466 g/mol. The van der Waals surface area contributed by atoms with Gasteiger partial charge in [0.15, 0.2) is 10.9 Å². The van der Waals surface area contributed by atoms with E-state index in [1.54, 1.807) is 6.26 Å². The molecule has 6 nitrogen and oxygen atoms in total. The van der Waals surface area contributed by atoms with E-state index < -0.39 is 0 Å². The average molecular weight is 467 g/mol. The first-order valence-corrected chi connectivity index (χ1v) is 11.8. The number of carbonyl (C=O) groups is 1. The molecule has 2 aromatic heterocycles. The summed E-state index contributed by atoms with van der Waals surface area (Å²) in [4.78, 5) is 13.0. The molecule has 0 atom stereocenters. The SMILES string of the molecule is O=C(CSc1nnc(-c2ccco2)n1-c1ccccc1)NC(c1ccccc1)c1ccccc1. The Hall–Kier alpha value is -4.10. The highest BCUT2D eigenvalue weighted by Crippen LogP contribution is 2.28. The van der Waals surface area contributed by atoms with Crippen LogP contribution in [-0.2, 0) is 4.79 Å². The number of furan rings is 1. The highest BCUT2D eigenvalue weighted by Gasteiger charge is 2.21. The summed E-state index contributed by atoms with van der Waals surface area (Å²) in [6, 6.07) is 33.1. The molecule has 3 aromatic carbocycles. The summed E-state index contributed by atoms with van der Waals surface area (Å²) in [6.07, 6.45) is 1.60. The van der Waals surface area contributed by atoms with Gasteiger partial charge in [-0.2, -0.15) is 0 Å². The minimum absolute atomic E-state index is 0.0927. The predicted octanol–water partition coefficient (Wildman–Crippen LogP) is 5.53. The van der Waals surface area contributed by atoms with Crippen molar-refractivity contribution in [3.8, 4) is 17.3 Å². The summed E-state index contributed by atoms with van der Waals surface area (Å²) >= 11 is 1.34. The van der Waals surface area contributed by atoms with Crippen LogP contribution in [0.4, 0.5) is 0 Å². The lowest BCUT2D eigenvalue weighted by molar-refractivity contribution is -0.119. The van der Waals surface area contributed by atoms with Crippen LogP contribution in [0.5, 0.6) is 0 Å². The molecule has 0 bridgehead atoms. The first kappa shape index (κ1) is 21.7. The van der Waals surface area contributed by atoms with Crippen molar-refractivity contribution in [3.05, 3.63) is 121 Å². The summed E-state index contributed by atoms with van der Waals surface area (Å²) in [5, 5.41) is 12.5. The maximum Gasteiger partial charge on any atom is 0.231 e. The van der Waals surface area contributed by atoms with Crippen molar-refractivity contribution >= 4 is 17.7 Å². The van der Waals surface area contributed by atoms with Crippen molar-refractivity contribution in [2.45, 2.75) is 11.2 Å². The fourth-order valence-electron chi connectivity index (χ4n) is 3.72. The molecule has 5 rings (SSSR count). The number of carbonyl (C=O) groups excluding carboxylic acids is 1. The molecule has 0 unspecified atom stereocenters. The number of hydrogen-bond acceptors (Lipinski definition) is 5. The molecule has 7 heteroatoms. The Kier molecular flexibility index (Phi) is 6.54. The van der Waals surface area contributed by atoms with Crippen molar-refractivity contribution in [2.24, 2.45) is 0 Å². The number of aromatic nitrogens is 3. The molecule has 0 radical (unpaired) electrons. The summed E-state index contributed by atoms with van der Waals surface area (Å²) < 4.78 is 7.46. The van der Waals surface area contributed by atoms with Crippen molar-refractivity contribution in [3.63, 3.8) is 0 Å². The van der Waals surface area contributed by atoms with Gasteiger partial charge in [-0.05, 0) is 35.4 Å². The van der Waals surface area contributed by atoms with Crippen molar-refractivity contribution < 1.29 is 9.21 Å². The zero-order chi connectivity index (χ0) is 23.2. The van der Waals surface area contributed by atoms with Crippen molar-refractivity contribution in [1.82, 2.24) is 20.1 Å². The van der Waals surface area contributed by atoms with Crippen LogP contribution < -0.4 is 5.32 Å². The van der Waals surface area contributed by atoms with Gasteiger partial charge < -0.3 is 9.73 Å². The number of thioether (sulfide) groups is 1. The van der Waals surface area contributed by atoms with Crippen molar-refractivity contribution in [1.29, 1.82) is 0 Å². The molecule has 1 amide bonds. The van der Waals surface area contributed by atoms with Gasteiger partial charge in [-0.3, -0.25) is 9.36 Å². The van der Waals surface area contributed by atoms with Gasteiger partial charge in [0.1, 0.15) is 0 Å². The zero-order valence-electron chi connectivity index (χ0n) is 18.2. The second-order valence-electron chi connectivity index (χ2n) is 7.57. The molecule has 0 saturated heterocycles. The fourth-order valence-corrected chi connectivity index (χ4v) is 4.48.